The third-order valence-electron chi connectivity index (χ3n) is 6.03. The predicted molar refractivity (Wildman–Crippen MR) is 138 cm³/mol. The van der Waals surface area contributed by atoms with E-state index in [1.165, 1.54) is 16.7 Å². The highest BCUT2D eigenvalue weighted by Crippen LogP contribution is 2.27. The van der Waals surface area contributed by atoms with Crippen molar-refractivity contribution in [2.24, 2.45) is 0 Å². The van der Waals surface area contributed by atoms with Gasteiger partial charge in [0.15, 0.2) is 0 Å². The van der Waals surface area contributed by atoms with Crippen molar-refractivity contribution in [3.05, 3.63) is 88.2 Å². The number of hydrogen-bond acceptors (Lipinski definition) is 5. The van der Waals surface area contributed by atoms with Gasteiger partial charge in [0.05, 0.1) is 5.69 Å². The van der Waals surface area contributed by atoms with Crippen LogP contribution in [0.5, 0.6) is 0 Å². The molecular formula is C27H32ClN5. The largest absolute Gasteiger partial charge is 0.324 e. The minimum atomic E-state index is 0.567. The fourth-order valence-corrected chi connectivity index (χ4v) is 4.32. The number of halogens is 1. The summed E-state index contributed by atoms with van der Waals surface area (Å²) in [6, 6.07) is 16.5. The highest BCUT2D eigenvalue weighted by atomic mass is 35.5. The van der Waals surface area contributed by atoms with Crippen LogP contribution in [0, 0.1) is 6.92 Å². The zero-order valence-electron chi connectivity index (χ0n) is 19.7. The first-order chi connectivity index (χ1) is 16.0. The van der Waals surface area contributed by atoms with Crippen LogP contribution in [0.25, 0.3) is 5.57 Å². The SMILES string of the molecule is CC/C=C(/c1ccc(CN2CCN(C)CC2)cc1)c1cnc(Nc2cccc(Cl)c2)nc1C. The maximum atomic E-state index is 6.09. The Bertz CT molecular complexity index is 1100. The van der Waals surface area contributed by atoms with E-state index in [9.17, 15) is 0 Å². The molecule has 2 aromatic carbocycles. The summed E-state index contributed by atoms with van der Waals surface area (Å²) < 4.78 is 0. The summed E-state index contributed by atoms with van der Waals surface area (Å²) in [4.78, 5) is 14.2. The zero-order chi connectivity index (χ0) is 23.2. The van der Waals surface area contributed by atoms with Crippen LogP contribution in [0.15, 0.2) is 60.8 Å². The molecule has 1 aliphatic heterocycles. The lowest BCUT2D eigenvalue weighted by molar-refractivity contribution is 0.148. The normalized spacial score (nSPS) is 15.6. The van der Waals surface area contributed by atoms with Crippen LogP contribution in [0.3, 0.4) is 0 Å². The van der Waals surface area contributed by atoms with Gasteiger partial charge < -0.3 is 10.2 Å². The van der Waals surface area contributed by atoms with Crippen LogP contribution < -0.4 is 5.32 Å². The lowest BCUT2D eigenvalue weighted by atomic mass is 9.96. The number of aromatic nitrogens is 2. The number of hydrogen-bond donors (Lipinski definition) is 1. The maximum Gasteiger partial charge on any atom is 0.227 e. The standard InChI is InChI=1S/C27H32ClN5/c1-4-6-25(22-11-9-21(10-12-22)19-33-15-13-32(3)14-16-33)26-18-29-27(30-20(26)2)31-24-8-5-7-23(28)17-24/h5-12,17-18H,4,13-16,19H2,1-3H3,(H,29,30,31)/b25-6-. The van der Waals surface area contributed by atoms with Crippen LogP contribution in [-0.2, 0) is 6.54 Å². The second-order valence-electron chi connectivity index (χ2n) is 8.63. The van der Waals surface area contributed by atoms with Gasteiger partial charge in [-0.2, -0.15) is 0 Å². The van der Waals surface area contributed by atoms with Crippen molar-refractivity contribution in [2.45, 2.75) is 26.8 Å². The van der Waals surface area contributed by atoms with E-state index in [0.29, 0.717) is 11.0 Å². The van der Waals surface area contributed by atoms with E-state index < -0.39 is 0 Å². The molecule has 0 amide bonds. The first-order valence-electron chi connectivity index (χ1n) is 11.6. The number of likely N-dealkylation sites (N-methyl/N-ethyl adjacent to an activating group) is 1. The Morgan fingerprint density at radius 3 is 2.52 bits per heavy atom. The van der Waals surface area contributed by atoms with Gasteiger partial charge in [-0.05, 0) is 55.3 Å². The molecule has 6 heteroatoms. The van der Waals surface area contributed by atoms with Gasteiger partial charge in [0.2, 0.25) is 5.95 Å². The number of aryl methyl sites for hydroxylation is 1. The van der Waals surface area contributed by atoms with Crippen LogP contribution in [-0.4, -0.2) is 53.0 Å². The van der Waals surface area contributed by atoms with Crippen molar-refractivity contribution < 1.29 is 0 Å². The molecule has 1 aromatic heterocycles. The fourth-order valence-electron chi connectivity index (χ4n) is 4.13. The molecule has 4 rings (SSSR count). The molecule has 0 bridgehead atoms. The Labute approximate surface area is 202 Å². The number of piperazine rings is 1. The molecule has 2 heterocycles. The third-order valence-corrected chi connectivity index (χ3v) is 6.26. The van der Waals surface area contributed by atoms with E-state index in [-0.39, 0.29) is 0 Å². The summed E-state index contributed by atoms with van der Waals surface area (Å²) >= 11 is 6.09. The molecule has 0 radical (unpaired) electrons. The molecule has 0 saturated carbocycles. The minimum absolute atomic E-state index is 0.567. The van der Waals surface area contributed by atoms with E-state index in [1.54, 1.807) is 0 Å². The molecule has 0 unspecified atom stereocenters. The first-order valence-corrected chi connectivity index (χ1v) is 12.0. The van der Waals surface area contributed by atoms with E-state index >= 15 is 0 Å². The molecule has 3 aromatic rings. The van der Waals surface area contributed by atoms with Gasteiger partial charge in [0, 0.05) is 55.2 Å². The van der Waals surface area contributed by atoms with E-state index in [0.717, 1.165) is 56.1 Å². The molecule has 172 valence electrons. The molecular weight excluding hydrogens is 430 g/mol. The number of benzene rings is 2. The van der Waals surface area contributed by atoms with E-state index in [2.05, 4.69) is 64.4 Å². The van der Waals surface area contributed by atoms with Gasteiger partial charge in [-0.25, -0.2) is 9.97 Å². The highest BCUT2D eigenvalue weighted by Gasteiger charge is 2.15. The quantitative estimate of drug-likeness (QED) is 0.483. The monoisotopic (exact) mass is 461 g/mol. The van der Waals surface area contributed by atoms with E-state index in [1.807, 2.05) is 37.4 Å². The first kappa shape index (κ1) is 23.4. The zero-order valence-corrected chi connectivity index (χ0v) is 20.4. The molecule has 1 aliphatic rings. The Hall–Kier alpha value is -2.73. The molecule has 0 aliphatic carbocycles. The summed E-state index contributed by atoms with van der Waals surface area (Å²) in [7, 11) is 2.19. The Balaban J connectivity index is 1.50. The Morgan fingerprint density at radius 1 is 1.09 bits per heavy atom. The molecule has 1 fully saturated rings. The topological polar surface area (TPSA) is 44.3 Å². The van der Waals surface area contributed by atoms with Gasteiger partial charge in [-0.15, -0.1) is 0 Å². The van der Waals surface area contributed by atoms with Gasteiger partial charge in [0.1, 0.15) is 0 Å². The summed E-state index contributed by atoms with van der Waals surface area (Å²) in [5, 5.41) is 3.92. The Morgan fingerprint density at radius 2 is 1.85 bits per heavy atom. The van der Waals surface area contributed by atoms with Crippen molar-refractivity contribution in [2.75, 3.05) is 38.5 Å². The maximum absolute atomic E-state index is 6.09. The average molecular weight is 462 g/mol. The van der Waals surface area contributed by atoms with Gasteiger partial charge in [-0.1, -0.05) is 54.9 Å². The highest BCUT2D eigenvalue weighted by molar-refractivity contribution is 6.30. The van der Waals surface area contributed by atoms with Crippen molar-refractivity contribution >= 4 is 28.8 Å². The summed E-state index contributed by atoms with van der Waals surface area (Å²) in [5.41, 5.74) is 6.59. The number of nitrogens with zero attached hydrogens (tertiary/aromatic N) is 4. The van der Waals surface area contributed by atoms with Crippen molar-refractivity contribution in [3.63, 3.8) is 0 Å². The summed E-state index contributed by atoms with van der Waals surface area (Å²) in [5.74, 6) is 0.567. The molecule has 1 N–H and O–H groups in total. The molecule has 33 heavy (non-hydrogen) atoms. The number of allylic oxidation sites excluding steroid dienone is 1. The smallest absolute Gasteiger partial charge is 0.227 e. The average Bonchev–Trinajstić information content (AvgIpc) is 2.80. The fraction of sp³-hybridized carbons (Fsp3) is 0.333. The molecule has 5 nitrogen and oxygen atoms in total. The molecule has 1 saturated heterocycles. The second kappa shape index (κ2) is 10.9. The lowest BCUT2D eigenvalue weighted by Crippen LogP contribution is -2.43. The summed E-state index contributed by atoms with van der Waals surface area (Å²) in [6.45, 7) is 9.74. The van der Waals surface area contributed by atoms with Crippen LogP contribution >= 0.6 is 11.6 Å². The number of nitrogens with one attached hydrogen (secondary N) is 1. The van der Waals surface area contributed by atoms with Crippen LogP contribution in [0.2, 0.25) is 5.02 Å². The van der Waals surface area contributed by atoms with Crippen molar-refractivity contribution in [1.29, 1.82) is 0 Å². The third kappa shape index (κ3) is 6.20. The van der Waals surface area contributed by atoms with Crippen molar-refractivity contribution in [1.82, 2.24) is 19.8 Å². The van der Waals surface area contributed by atoms with E-state index in [4.69, 9.17) is 16.6 Å². The summed E-state index contributed by atoms with van der Waals surface area (Å²) in [6.07, 6.45) is 5.11. The molecule has 0 atom stereocenters. The number of rotatable bonds is 7. The van der Waals surface area contributed by atoms with Crippen LogP contribution in [0.1, 0.15) is 35.7 Å². The van der Waals surface area contributed by atoms with Crippen molar-refractivity contribution in [3.8, 4) is 0 Å². The predicted octanol–water partition coefficient (Wildman–Crippen LogP) is 5.77. The lowest BCUT2D eigenvalue weighted by Gasteiger charge is -2.32. The number of anilines is 2. The van der Waals surface area contributed by atoms with Crippen LogP contribution in [0.4, 0.5) is 11.6 Å². The van der Waals surface area contributed by atoms with Gasteiger partial charge in [-0.3, -0.25) is 4.90 Å². The van der Waals surface area contributed by atoms with Gasteiger partial charge in [0.25, 0.3) is 0 Å². The van der Waals surface area contributed by atoms with Gasteiger partial charge >= 0.3 is 0 Å². The molecule has 0 spiro atoms. The minimum Gasteiger partial charge on any atom is -0.324 e. The second-order valence-corrected chi connectivity index (χ2v) is 9.07. The Kier molecular flexibility index (Phi) is 7.76.